The molecule has 0 radical (unpaired) electrons. The van der Waals surface area contributed by atoms with Crippen LogP contribution in [0, 0.1) is 0 Å². The first kappa shape index (κ1) is 21.6. The average molecular weight is 426 g/mol. The number of benzene rings is 2. The predicted molar refractivity (Wildman–Crippen MR) is 119 cm³/mol. The van der Waals surface area contributed by atoms with E-state index in [9.17, 15) is 4.79 Å². The lowest BCUT2D eigenvalue weighted by Gasteiger charge is -2.11. The molecule has 2 aromatic heterocycles. The molecule has 0 aliphatic carbocycles. The van der Waals surface area contributed by atoms with E-state index < -0.39 is 0 Å². The van der Waals surface area contributed by atoms with Gasteiger partial charge in [0.25, 0.3) is 5.89 Å². The zero-order valence-corrected chi connectivity index (χ0v) is 18.2. The molecule has 0 unspecified atom stereocenters. The van der Waals surface area contributed by atoms with Gasteiger partial charge in [0.05, 0.1) is 17.7 Å². The number of halogens is 1. The normalized spacial score (nSPS) is 10.7. The maximum Gasteiger partial charge on any atom is 0.258 e. The van der Waals surface area contributed by atoms with E-state index in [4.69, 9.17) is 20.9 Å². The van der Waals surface area contributed by atoms with Gasteiger partial charge in [-0.1, -0.05) is 36.7 Å². The average Bonchev–Trinajstić information content (AvgIpc) is 3.39. The van der Waals surface area contributed by atoms with Crippen molar-refractivity contribution in [2.24, 2.45) is 0 Å². The summed E-state index contributed by atoms with van der Waals surface area (Å²) in [7, 11) is 0. The Hall–Kier alpha value is -3.12. The molecular formula is C23H24ClN3O3. The van der Waals surface area contributed by atoms with Crippen LogP contribution in [0.4, 0.5) is 0 Å². The maximum atomic E-state index is 10.9. The van der Waals surface area contributed by atoms with Gasteiger partial charge in [0.15, 0.2) is 0 Å². The number of hydrogen-bond acceptors (Lipinski definition) is 5. The molecule has 156 valence electrons. The van der Waals surface area contributed by atoms with Gasteiger partial charge < -0.3 is 18.6 Å². The number of nitrogens with zero attached hydrogens (tertiary/aromatic N) is 3. The van der Waals surface area contributed by atoms with E-state index in [1.54, 1.807) is 12.1 Å². The molecule has 6 nitrogen and oxygen atoms in total. The quantitative estimate of drug-likeness (QED) is 0.353. The molecule has 2 heterocycles. The molecule has 0 amide bonds. The highest BCUT2D eigenvalue weighted by Gasteiger charge is 2.16. The summed E-state index contributed by atoms with van der Waals surface area (Å²) in [6.07, 6.45) is 2.77. The summed E-state index contributed by atoms with van der Waals surface area (Å²) in [5.74, 6) is 1.46. The highest BCUT2D eigenvalue weighted by atomic mass is 35.5. The minimum Gasteiger partial charge on any atom is -0.489 e. The number of hydrogen-bond donors (Lipinski definition) is 0. The number of carbonyl (C=O) groups excluding carboxylic acids is 1. The zero-order chi connectivity index (χ0) is 21.7. The molecule has 0 saturated heterocycles. The fraction of sp³-hybridized carbons (Fsp3) is 0.261. The number of aldehydes is 1. The molecule has 0 spiro atoms. The fourth-order valence-electron chi connectivity index (χ4n) is 3.09. The van der Waals surface area contributed by atoms with Gasteiger partial charge in [-0.15, -0.1) is 0 Å². The van der Waals surface area contributed by atoms with Crippen molar-refractivity contribution in [3.05, 3.63) is 53.7 Å². The largest absolute Gasteiger partial charge is 0.489 e. The van der Waals surface area contributed by atoms with Crippen LogP contribution >= 0.6 is 11.6 Å². The summed E-state index contributed by atoms with van der Waals surface area (Å²) in [5, 5.41) is 5.53. The smallest absolute Gasteiger partial charge is 0.258 e. The highest BCUT2D eigenvalue weighted by Crippen LogP contribution is 2.32. The second kappa shape index (κ2) is 9.59. The van der Waals surface area contributed by atoms with Crippen molar-refractivity contribution < 1.29 is 14.1 Å². The molecule has 0 fully saturated rings. The fourth-order valence-corrected chi connectivity index (χ4v) is 3.31. The molecule has 4 rings (SSSR count). The van der Waals surface area contributed by atoms with Crippen molar-refractivity contribution in [1.82, 2.24) is 14.7 Å². The van der Waals surface area contributed by atoms with Gasteiger partial charge in [-0.2, -0.15) is 4.98 Å². The van der Waals surface area contributed by atoms with E-state index in [1.165, 1.54) is 0 Å². The molecule has 0 bridgehead atoms. The van der Waals surface area contributed by atoms with Gasteiger partial charge in [-0.3, -0.25) is 0 Å². The third-order valence-electron chi connectivity index (χ3n) is 4.29. The van der Waals surface area contributed by atoms with Gasteiger partial charge in [0, 0.05) is 28.2 Å². The van der Waals surface area contributed by atoms with E-state index >= 15 is 0 Å². The molecule has 30 heavy (non-hydrogen) atoms. The highest BCUT2D eigenvalue weighted by molar-refractivity contribution is 6.32. The van der Waals surface area contributed by atoms with Crippen molar-refractivity contribution in [3.8, 4) is 28.6 Å². The zero-order valence-electron chi connectivity index (χ0n) is 17.4. The number of fused-ring (bicyclic) bond motifs is 1. The van der Waals surface area contributed by atoms with Gasteiger partial charge in [-0.25, -0.2) is 0 Å². The summed E-state index contributed by atoms with van der Waals surface area (Å²) >= 11 is 6.32. The number of ether oxygens (including phenoxy) is 1. The first-order valence-corrected chi connectivity index (χ1v) is 10.3. The Morgan fingerprint density at radius 2 is 2.00 bits per heavy atom. The summed E-state index contributed by atoms with van der Waals surface area (Å²) < 4.78 is 13.0. The molecule has 4 aromatic rings. The van der Waals surface area contributed by atoms with E-state index in [0.717, 1.165) is 28.3 Å². The summed E-state index contributed by atoms with van der Waals surface area (Å²) in [4.78, 5) is 15.4. The number of rotatable bonds is 6. The van der Waals surface area contributed by atoms with Crippen LogP contribution < -0.4 is 4.74 Å². The lowest BCUT2D eigenvalue weighted by Crippen LogP contribution is -2.05. The van der Waals surface area contributed by atoms with Crippen LogP contribution in [0.25, 0.3) is 33.7 Å². The van der Waals surface area contributed by atoms with Gasteiger partial charge >= 0.3 is 0 Å². The van der Waals surface area contributed by atoms with Crippen LogP contribution in [-0.4, -0.2) is 27.1 Å². The minimum absolute atomic E-state index is 0.0344. The van der Waals surface area contributed by atoms with Crippen LogP contribution in [0.15, 0.2) is 53.2 Å². The molecule has 7 heteroatoms. The van der Waals surface area contributed by atoms with Crippen LogP contribution in [0.3, 0.4) is 0 Å². The third kappa shape index (κ3) is 4.39. The first-order chi connectivity index (χ1) is 14.6. The van der Waals surface area contributed by atoms with Gasteiger partial charge in [0.1, 0.15) is 12.0 Å². The van der Waals surface area contributed by atoms with E-state index in [2.05, 4.69) is 10.1 Å². The molecule has 0 atom stereocenters. The SMILES string of the molecule is CC.CC(C)Oc1ccc(-c2noc(-c3cccc4c3ccn4CC=O)n2)cc1Cl. The molecule has 0 aliphatic rings. The van der Waals surface area contributed by atoms with E-state index in [0.29, 0.717) is 29.0 Å². The van der Waals surface area contributed by atoms with E-state index in [1.807, 2.05) is 68.8 Å². The van der Waals surface area contributed by atoms with Crippen molar-refractivity contribution in [1.29, 1.82) is 0 Å². The topological polar surface area (TPSA) is 70.2 Å². The second-order valence-corrected chi connectivity index (χ2v) is 7.02. The number of carbonyl (C=O) groups is 1. The summed E-state index contributed by atoms with van der Waals surface area (Å²) in [5.41, 5.74) is 2.48. The van der Waals surface area contributed by atoms with Crippen LogP contribution in [0.5, 0.6) is 5.75 Å². The van der Waals surface area contributed by atoms with Gasteiger partial charge in [-0.05, 0) is 50.2 Å². The van der Waals surface area contributed by atoms with Gasteiger partial charge in [0.2, 0.25) is 5.82 Å². The Morgan fingerprint density at radius 3 is 2.70 bits per heavy atom. The lowest BCUT2D eigenvalue weighted by atomic mass is 10.1. The lowest BCUT2D eigenvalue weighted by molar-refractivity contribution is -0.108. The van der Waals surface area contributed by atoms with Crippen LogP contribution in [0.2, 0.25) is 5.02 Å². The molecule has 0 N–H and O–H groups in total. The molecule has 0 aliphatic heterocycles. The standard InChI is InChI=1S/C21H18ClN3O3.C2H6/c1-13(2)27-19-7-6-14(12-17(19)22)20-23-21(28-24-20)16-4-3-5-18-15(16)8-9-25(18)10-11-26;1-2/h3-9,11-13H,10H2,1-2H3;1-2H3. The Balaban J connectivity index is 0.00000124. The Morgan fingerprint density at radius 1 is 1.20 bits per heavy atom. The van der Waals surface area contributed by atoms with E-state index in [-0.39, 0.29) is 6.10 Å². The molecular weight excluding hydrogens is 402 g/mol. The summed E-state index contributed by atoms with van der Waals surface area (Å²) in [6.45, 7) is 8.18. The van der Waals surface area contributed by atoms with Crippen molar-refractivity contribution in [3.63, 3.8) is 0 Å². The summed E-state index contributed by atoms with van der Waals surface area (Å²) in [6, 6.07) is 13.1. The third-order valence-corrected chi connectivity index (χ3v) is 4.59. The van der Waals surface area contributed by atoms with Crippen molar-refractivity contribution >= 4 is 28.8 Å². The Bertz CT molecular complexity index is 1150. The minimum atomic E-state index is 0.0344. The molecule has 0 saturated carbocycles. The van der Waals surface area contributed by atoms with Crippen LogP contribution in [0.1, 0.15) is 27.7 Å². The second-order valence-electron chi connectivity index (χ2n) is 6.61. The van der Waals surface area contributed by atoms with Crippen molar-refractivity contribution in [2.45, 2.75) is 40.3 Å². The Labute approximate surface area is 180 Å². The first-order valence-electron chi connectivity index (χ1n) is 9.89. The predicted octanol–water partition coefficient (Wildman–Crippen LogP) is 6.02. The van der Waals surface area contributed by atoms with Crippen molar-refractivity contribution in [2.75, 3.05) is 0 Å². The van der Waals surface area contributed by atoms with Crippen LogP contribution in [-0.2, 0) is 11.3 Å². The maximum absolute atomic E-state index is 10.9. The Kier molecular flexibility index (Phi) is 6.90. The number of aromatic nitrogens is 3. The monoisotopic (exact) mass is 425 g/mol. The molecule has 2 aromatic carbocycles.